The van der Waals surface area contributed by atoms with Crippen molar-refractivity contribution in [3.05, 3.63) is 0 Å². The zero-order chi connectivity index (χ0) is 16.7. The monoisotopic (exact) mass is 328 g/mol. The van der Waals surface area contributed by atoms with Crippen LogP contribution < -0.4 is 0 Å². The number of β-amino-alcohol motifs (C(OH)–C–C–N with tert-alkyl or cyclic N) is 1. The molecule has 0 radical (unpaired) electrons. The van der Waals surface area contributed by atoms with Crippen molar-refractivity contribution in [2.24, 2.45) is 5.92 Å². The lowest BCUT2D eigenvalue weighted by Gasteiger charge is -2.43. The second-order valence-corrected chi connectivity index (χ2v) is 7.12. The van der Waals surface area contributed by atoms with Gasteiger partial charge in [-0.1, -0.05) is 13.8 Å². The van der Waals surface area contributed by atoms with E-state index in [4.69, 9.17) is 5.11 Å². The molecule has 0 aliphatic rings. The van der Waals surface area contributed by atoms with Crippen molar-refractivity contribution in [1.82, 2.24) is 4.90 Å². The highest BCUT2D eigenvalue weighted by molar-refractivity contribution is 7.86. The topological polar surface area (TPSA) is 141 Å². The van der Waals surface area contributed by atoms with E-state index in [9.17, 15) is 28.3 Å². The van der Waals surface area contributed by atoms with Crippen LogP contribution in [-0.2, 0) is 10.1 Å². The van der Waals surface area contributed by atoms with Gasteiger partial charge in [0.1, 0.15) is 15.6 Å². The Morgan fingerprint density at radius 1 is 1.14 bits per heavy atom. The first-order valence-electron chi connectivity index (χ1n) is 6.83. The molecule has 0 rings (SSSR count). The summed E-state index contributed by atoms with van der Waals surface area (Å²) in [6, 6.07) is 0. The quantitative estimate of drug-likeness (QED) is 0.329. The van der Waals surface area contributed by atoms with E-state index in [2.05, 4.69) is 0 Å². The van der Waals surface area contributed by atoms with Gasteiger partial charge in [-0.2, -0.15) is 0 Å². The highest BCUT2D eigenvalue weighted by Crippen LogP contribution is 2.24. The van der Waals surface area contributed by atoms with E-state index in [1.54, 1.807) is 0 Å². The summed E-state index contributed by atoms with van der Waals surface area (Å²) in [5, 5.41) is 37.6. The normalized spacial score (nSPS) is 14.9. The first-order valence-corrected chi connectivity index (χ1v) is 8.30. The van der Waals surface area contributed by atoms with Crippen molar-refractivity contribution in [3.8, 4) is 0 Å². The molecule has 8 nitrogen and oxygen atoms in total. The lowest BCUT2D eigenvalue weighted by atomic mass is 9.88. The average molecular weight is 328 g/mol. The Bertz CT molecular complexity index is 381. The maximum absolute atomic E-state index is 10.7. The van der Waals surface area contributed by atoms with Gasteiger partial charge >= 0.3 is 0 Å². The second-order valence-electron chi connectivity index (χ2n) is 5.59. The third kappa shape index (κ3) is 6.55. The molecule has 21 heavy (non-hydrogen) atoms. The Hall–Kier alpha value is -0.290. The van der Waals surface area contributed by atoms with E-state index < -0.39 is 21.1 Å². The largest absolute Gasteiger partial charge is 0.746 e. The molecule has 0 saturated heterocycles. The number of aliphatic hydroxyl groups excluding tert-OH is 4. The summed E-state index contributed by atoms with van der Waals surface area (Å²) in [6.45, 7) is 2.79. The van der Waals surface area contributed by atoms with Crippen LogP contribution in [0, 0.1) is 5.92 Å². The molecule has 0 saturated carbocycles. The Kier molecular flexibility index (Phi) is 8.86. The first kappa shape index (κ1) is 20.7. The van der Waals surface area contributed by atoms with Gasteiger partial charge in [-0.05, 0) is 18.8 Å². The fourth-order valence-electron chi connectivity index (χ4n) is 2.39. The number of hydrogen-bond donors (Lipinski definition) is 4. The molecule has 1 unspecified atom stereocenters. The number of nitrogens with zero attached hydrogens (tertiary/aromatic N) is 1. The molecule has 0 bridgehead atoms. The highest BCUT2D eigenvalue weighted by Gasteiger charge is 2.36. The number of hydrogen-bond acceptors (Lipinski definition) is 8. The maximum Gasteiger partial charge on any atom is 0.144 e. The van der Waals surface area contributed by atoms with E-state index in [0.717, 1.165) is 0 Å². The Labute approximate surface area is 125 Å². The van der Waals surface area contributed by atoms with Crippen molar-refractivity contribution < 1.29 is 33.4 Å². The van der Waals surface area contributed by atoms with Crippen molar-refractivity contribution in [2.75, 3.05) is 32.9 Å². The van der Waals surface area contributed by atoms with Gasteiger partial charge in [0.25, 0.3) is 0 Å². The molecular formula is C12H26NO7S-. The minimum absolute atomic E-state index is 0.0446. The van der Waals surface area contributed by atoms with E-state index in [1.165, 1.54) is 4.90 Å². The summed E-state index contributed by atoms with van der Waals surface area (Å²) in [6.07, 6.45) is 0.0614. The number of rotatable bonds is 11. The fraction of sp³-hybridized carbons (Fsp3) is 1.00. The van der Waals surface area contributed by atoms with Crippen molar-refractivity contribution in [2.45, 2.75) is 37.7 Å². The van der Waals surface area contributed by atoms with Gasteiger partial charge in [0.15, 0.2) is 0 Å². The van der Waals surface area contributed by atoms with Crippen LogP contribution in [0.1, 0.15) is 26.7 Å². The molecule has 0 fully saturated rings. The third-order valence-corrected chi connectivity index (χ3v) is 4.30. The van der Waals surface area contributed by atoms with E-state index >= 15 is 0 Å². The standard InChI is InChI=1S/C12H27NO7S/c1-10(2)7-12(8-15,9-16)13(5-6-14)4-3-11(17)21(18,19)20/h10-11,14-17H,3-9H2,1-2H3,(H,18,19,20)/p-1. The van der Waals surface area contributed by atoms with Gasteiger partial charge in [-0.25, -0.2) is 8.42 Å². The van der Waals surface area contributed by atoms with Crippen LogP contribution in [0.2, 0.25) is 0 Å². The maximum atomic E-state index is 10.7. The molecule has 4 N–H and O–H groups in total. The number of aliphatic hydroxyl groups is 4. The molecule has 0 heterocycles. The Balaban J connectivity index is 5.06. The average Bonchev–Trinajstić information content (AvgIpc) is 2.39. The van der Waals surface area contributed by atoms with E-state index in [1.807, 2.05) is 13.8 Å². The van der Waals surface area contributed by atoms with E-state index in [-0.39, 0.29) is 45.2 Å². The van der Waals surface area contributed by atoms with Gasteiger partial charge in [0.05, 0.1) is 25.4 Å². The summed E-state index contributed by atoms with van der Waals surface area (Å²) < 4.78 is 32.1. The van der Waals surface area contributed by atoms with Crippen molar-refractivity contribution in [3.63, 3.8) is 0 Å². The van der Waals surface area contributed by atoms with Crippen LogP contribution in [0.25, 0.3) is 0 Å². The molecule has 0 aromatic rings. The molecule has 0 aliphatic heterocycles. The summed E-state index contributed by atoms with van der Waals surface area (Å²) in [5.74, 6) is 0.138. The first-order chi connectivity index (χ1) is 9.62. The van der Waals surface area contributed by atoms with Gasteiger partial charge in [-0.3, -0.25) is 4.90 Å². The Morgan fingerprint density at radius 2 is 1.67 bits per heavy atom. The minimum atomic E-state index is -4.80. The second kappa shape index (κ2) is 8.99. The lowest BCUT2D eigenvalue weighted by molar-refractivity contribution is -0.0368. The SMILES string of the molecule is CC(C)CC(CO)(CO)N(CCO)CCC(O)S(=O)(=O)[O-]. The molecule has 9 heteroatoms. The van der Waals surface area contributed by atoms with Gasteiger partial charge < -0.3 is 25.0 Å². The predicted molar refractivity (Wildman–Crippen MR) is 75.3 cm³/mol. The smallest absolute Gasteiger partial charge is 0.144 e. The van der Waals surface area contributed by atoms with Crippen LogP contribution in [0.5, 0.6) is 0 Å². The molecule has 0 aromatic heterocycles. The molecule has 0 aliphatic carbocycles. The summed E-state index contributed by atoms with van der Waals surface area (Å²) in [4.78, 5) is 1.52. The molecule has 0 aromatic carbocycles. The zero-order valence-electron chi connectivity index (χ0n) is 12.5. The summed E-state index contributed by atoms with van der Waals surface area (Å²) in [7, 11) is -4.80. The fourth-order valence-corrected chi connectivity index (χ4v) is 2.78. The van der Waals surface area contributed by atoms with Crippen LogP contribution in [-0.4, -0.2) is 82.2 Å². The third-order valence-electron chi connectivity index (χ3n) is 3.40. The zero-order valence-corrected chi connectivity index (χ0v) is 13.3. The molecular weight excluding hydrogens is 302 g/mol. The van der Waals surface area contributed by atoms with E-state index in [0.29, 0.717) is 6.42 Å². The predicted octanol–water partition coefficient (Wildman–Crippen LogP) is -1.70. The molecule has 1 atom stereocenters. The summed E-state index contributed by atoms with van der Waals surface area (Å²) in [5.41, 5.74) is -3.09. The minimum Gasteiger partial charge on any atom is -0.746 e. The highest BCUT2D eigenvalue weighted by atomic mass is 32.2. The van der Waals surface area contributed by atoms with Gasteiger partial charge in [-0.15, -0.1) is 0 Å². The molecule has 0 amide bonds. The molecule has 0 spiro atoms. The van der Waals surface area contributed by atoms with Crippen LogP contribution in [0.4, 0.5) is 0 Å². The van der Waals surface area contributed by atoms with Crippen LogP contribution in [0.3, 0.4) is 0 Å². The molecule has 128 valence electrons. The van der Waals surface area contributed by atoms with Crippen molar-refractivity contribution >= 4 is 10.1 Å². The van der Waals surface area contributed by atoms with Gasteiger partial charge in [0, 0.05) is 13.1 Å². The summed E-state index contributed by atoms with van der Waals surface area (Å²) >= 11 is 0. The van der Waals surface area contributed by atoms with Crippen LogP contribution >= 0.6 is 0 Å². The Morgan fingerprint density at radius 3 is 2.00 bits per heavy atom. The van der Waals surface area contributed by atoms with Crippen LogP contribution in [0.15, 0.2) is 0 Å². The lowest BCUT2D eigenvalue weighted by Crippen LogP contribution is -2.56. The van der Waals surface area contributed by atoms with Crippen molar-refractivity contribution in [1.29, 1.82) is 0 Å². The van der Waals surface area contributed by atoms with Gasteiger partial charge in [0.2, 0.25) is 0 Å².